The molecule has 0 spiro atoms. The molecule has 3 aromatic rings. The van der Waals surface area contributed by atoms with Gasteiger partial charge in [-0.3, -0.25) is 4.79 Å². The summed E-state index contributed by atoms with van der Waals surface area (Å²) in [6.45, 7) is 3.79. The third-order valence-electron chi connectivity index (χ3n) is 4.76. The molecular formula is C20H24Cl2N6O2. The largest absolute Gasteiger partial charge is 0.439 e. The molecule has 0 aliphatic carbocycles. The van der Waals surface area contributed by atoms with Gasteiger partial charge in [-0.1, -0.05) is 23.4 Å². The number of aromatic nitrogens is 4. The van der Waals surface area contributed by atoms with Crippen molar-refractivity contribution >= 4 is 36.4 Å². The first-order valence-electron chi connectivity index (χ1n) is 9.33. The van der Waals surface area contributed by atoms with Gasteiger partial charge in [0.2, 0.25) is 5.88 Å². The van der Waals surface area contributed by atoms with Crippen molar-refractivity contribution in [3.8, 4) is 11.6 Å². The Labute approximate surface area is 187 Å². The minimum absolute atomic E-state index is 0. The number of piperidine rings is 1. The van der Waals surface area contributed by atoms with Crippen molar-refractivity contribution in [1.82, 2.24) is 25.3 Å². The first-order valence-corrected chi connectivity index (χ1v) is 9.33. The van der Waals surface area contributed by atoms with E-state index in [0.717, 1.165) is 31.6 Å². The third kappa shape index (κ3) is 5.47. The molecule has 1 amide bonds. The van der Waals surface area contributed by atoms with Crippen molar-refractivity contribution in [3.05, 3.63) is 60.0 Å². The molecule has 0 bridgehead atoms. The number of para-hydroxylation sites is 1. The number of hydrogen-bond acceptors (Lipinski definition) is 6. The molecule has 1 aliphatic rings. The number of carbonyl (C=O) groups is 1. The van der Waals surface area contributed by atoms with Crippen LogP contribution in [0.15, 0.2) is 48.7 Å². The van der Waals surface area contributed by atoms with E-state index in [2.05, 4.69) is 25.9 Å². The van der Waals surface area contributed by atoms with Crippen molar-refractivity contribution < 1.29 is 9.53 Å². The van der Waals surface area contributed by atoms with E-state index in [-0.39, 0.29) is 36.8 Å². The number of nitrogens with one attached hydrogen (secondary N) is 2. The number of hydrogen-bond donors (Lipinski definition) is 2. The molecular weight excluding hydrogens is 427 g/mol. The van der Waals surface area contributed by atoms with E-state index in [1.54, 1.807) is 18.3 Å². The van der Waals surface area contributed by atoms with E-state index in [4.69, 9.17) is 4.74 Å². The Morgan fingerprint density at radius 1 is 1.13 bits per heavy atom. The fourth-order valence-corrected chi connectivity index (χ4v) is 3.26. The SMILES string of the molecule is Cc1c(C(=O)Nc2ccc(Oc3ccccc3)nc2)nnn1C1CCNCC1.Cl.Cl. The van der Waals surface area contributed by atoms with Crippen molar-refractivity contribution in [1.29, 1.82) is 0 Å². The van der Waals surface area contributed by atoms with Crippen LogP contribution in [0.5, 0.6) is 11.6 Å². The van der Waals surface area contributed by atoms with Gasteiger partial charge in [0.1, 0.15) is 5.75 Å². The molecule has 3 heterocycles. The maximum Gasteiger partial charge on any atom is 0.278 e. The van der Waals surface area contributed by atoms with Crippen LogP contribution < -0.4 is 15.4 Å². The lowest BCUT2D eigenvalue weighted by atomic mass is 10.1. The first kappa shape index (κ1) is 23.6. The van der Waals surface area contributed by atoms with Gasteiger partial charge in [-0.2, -0.15) is 0 Å². The molecule has 0 atom stereocenters. The molecule has 4 rings (SSSR count). The van der Waals surface area contributed by atoms with Gasteiger partial charge in [-0.25, -0.2) is 9.67 Å². The molecule has 1 aliphatic heterocycles. The third-order valence-corrected chi connectivity index (χ3v) is 4.76. The van der Waals surface area contributed by atoms with E-state index < -0.39 is 0 Å². The Balaban J connectivity index is 0.00000160. The first-order chi connectivity index (χ1) is 13.7. The normalized spacial score (nSPS) is 13.6. The van der Waals surface area contributed by atoms with Gasteiger partial charge >= 0.3 is 0 Å². The highest BCUT2D eigenvalue weighted by molar-refractivity contribution is 6.03. The number of ether oxygens (including phenoxy) is 1. The lowest BCUT2D eigenvalue weighted by molar-refractivity contribution is 0.102. The summed E-state index contributed by atoms with van der Waals surface area (Å²) >= 11 is 0. The maximum absolute atomic E-state index is 12.6. The van der Waals surface area contributed by atoms with Crippen LogP contribution in [0.4, 0.5) is 5.69 Å². The fraction of sp³-hybridized carbons (Fsp3) is 0.300. The van der Waals surface area contributed by atoms with Gasteiger partial charge in [0.05, 0.1) is 23.6 Å². The number of rotatable bonds is 5. The quantitative estimate of drug-likeness (QED) is 0.613. The van der Waals surface area contributed by atoms with Crippen LogP contribution in [0.1, 0.15) is 35.1 Å². The predicted molar refractivity (Wildman–Crippen MR) is 119 cm³/mol. The van der Waals surface area contributed by atoms with Crippen molar-refractivity contribution in [2.75, 3.05) is 18.4 Å². The summed E-state index contributed by atoms with van der Waals surface area (Å²) in [5.41, 5.74) is 1.69. The molecule has 0 saturated carbocycles. The molecule has 2 N–H and O–H groups in total. The second kappa shape index (κ2) is 10.9. The lowest BCUT2D eigenvalue weighted by Gasteiger charge is -2.23. The second-order valence-electron chi connectivity index (χ2n) is 6.70. The zero-order chi connectivity index (χ0) is 19.3. The Bertz CT molecular complexity index is 944. The van der Waals surface area contributed by atoms with Crippen LogP contribution in [0.2, 0.25) is 0 Å². The minimum Gasteiger partial charge on any atom is -0.439 e. The Hall–Kier alpha value is -2.68. The summed E-state index contributed by atoms with van der Waals surface area (Å²) in [7, 11) is 0. The summed E-state index contributed by atoms with van der Waals surface area (Å²) < 4.78 is 7.52. The number of anilines is 1. The number of benzene rings is 1. The van der Waals surface area contributed by atoms with E-state index in [0.29, 0.717) is 23.0 Å². The molecule has 10 heteroatoms. The number of carbonyl (C=O) groups excluding carboxylic acids is 1. The van der Waals surface area contributed by atoms with E-state index in [9.17, 15) is 4.79 Å². The molecule has 1 fully saturated rings. The van der Waals surface area contributed by atoms with Crippen LogP contribution in [0, 0.1) is 6.92 Å². The second-order valence-corrected chi connectivity index (χ2v) is 6.70. The van der Waals surface area contributed by atoms with E-state index >= 15 is 0 Å². The average Bonchev–Trinajstić information content (AvgIpc) is 3.12. The van der Waals surface area contributed by atoms with Gasteiger partial charge in [-0.05, 0) is 51.1 Å². The Morgan fingerprint density at radius 2 is 1.87 bits per heavy atom. The molecule has 1 saturated heterocycles. The van der Waals surface area contributed by atoms with Crippen molar-refractivity contribution in [3.63, 3.8) is 0 Å². The number of pyridine rings is 1. The smallest absolute Gasteiger partial charge is 0.278 e. The highest BCUT2D eigenvalue weighted by Crippen LogP contribution is 2.22. The Morgan fingerprint density at radius 3 is 2.53 bits per heavy atom. The molecule has 160 valence electrons. The molecule has 2 aromatic heterocycles. The molecule has 0 radical (unpaired) electrons. The molecule has 0 unspecified atom stereocenters. The number of nitrogens with zero attached hydrogens (tertiary/aromatic N) is 4. The summed E-state index contributed by atoms with van der Waals surface area (Å²) in [6, 6.07) is 13.1. The summed E-state index contributed by atoms with van der Waals surface area (Å²) in [5.74, 6) is 0.866. The highest BCUT2D eigenvalue weighted by Gasteiger charge is 2.23. The topological polar surface area (TPSA) is 94.0 Å². The van der Waals surface area contributed by atoms with Crippen molar-refractivity contribution in [2.24, 2.45) is 0 Å². The van der Waals surface area contributed by atoms with Crippen LogP contribution in [0.3, 0.4) is 0 Å². The fourth-order valence-electron chi connectivity index (χ4n) is 3.26. The average molecular weight is 451 g/mol. The van der Waals surface area contributed by atoms with Crippen LogP contribution >= 0.6 is 24.8 Å². The zero-order valence-corrected chi connectivity index (χ0v) is 18.1. The minimum atomic E-state index is -0.295. The van der Waals surface area contributed by atoms with Crippen LogP contribution in [-0.2, 0) is 0 Å². The van der Waals surface area contributed by atoms with Crippen molar-refractivity contribution in [2.45, 2.75) is 25.8 Å². The zero-order valence-electron chi connectivity index (χ0n) is 16.4. The predicted octanol–water partition coefficient (Wildman–Crippen LogP) is 3.79. The number of halogens is 2. The van der Waals surface area contributed by atoms with Gasteiger partial charge < -0.3 is 15.4 Å². The van der Waals surface area contributed by atoms with Crippen LogP contribution in [0.25, 0.3) is 0 Å². The highest BCUT2D eigenvalue weighted by atomic mass is 35.5. The van der Waals surface area contributed by atoms with Crippen LogP contribution in [-0.4, -0.2) is 39.0 Å². The monoisotopic (exact) mass is 450 g/mol. The summed E-state index contributed by atoms with van der Waals surface area (Å²) in [5, 5.41) is 14.5. The standard InChI is InChI=1S/C20H22N6O2.2ClH/c1-14-19(24-25-26(14)16-9-11-21-12-10-16)20(27)23-15-7-8-18(22-13-15)28-17-5-3-2-4-6-17;;/h2-8,13,16,21H,9-12H2,1H3,(H,23,27);2*1H. The molecule has 30 heavy (non-hydrogen) atoms. The Kier molecular flexibility index (Phi) is 8.58. The number of amides is 1. The van der Waals surface area contributed by atoms with E-state index in [1.807, 2.05) is 41.9 Å². The molecule has 1 aromatic carbocycles. The van der Waals surface area contributed by atoms with Gasteiger partial charge in [0.15, 0.2) is 5.69 Å². The van der Waals surface area contributed by atoms with E-state index in [1.165, 1.54) is 0 Å². The maximum atomic E-state index is 12.6. The van der Waals surface area contributed by atoms with Gasteiger partial charge in [0, 0.05) is 6.07 Å². The molecule has 8 nitrogen and oxygen atoms in total. The van der Waals surface area contributed by atoms with Gasteiger partial charge in [0.25, 0.3) is 5.91 Å². The summed E-state index contributed by atoms with van der Waals surface area (Å²) in [6.07, 6.45) is 3.53. The lowest BCUT2D eigenvalue weighted by Crippen LogP contribution is -2.30. The van der Waals surface area contributed by atoms with Gasteiger partial charge in [-0.15, -0.1) is 29.9 Å². The summed E-state index contributed by atoms with van der Waals surface area (Å²) in [4.78, 5) is 16.8.